The number of nitrogens with zero attached hydrogens (tertiary/aromatic N) is 1. The number of hydrogen-bond acceptors (Lipinski definition) is 3. The van der Waals surface area contributed by atoms with Crippen molar-refractivity contribution in [1.29, 1.82) is 0 Å². The van der Waals surface area contributed by atoms with Crippen LogP contribution in [0.15, 0.2) is 205 Å². The summed E-state index contributed by atoms with van der Waals surface area (Å²) in [5.74, 6) is 0. The molecule has 55 heavy (non-hydrogen) atoms. The van der Waals surface area contributed by atoms with Crippen molar-refractivity contribution >= 4 is 81.3 Å². The number of anilines is 3. The van der Waals surface area contributed by atoms with E-state index in [9.17, 15) is 0 Å². The monoisotopic (exact) mass is 719 g/mol. The van der Waals surface area contributed by atoms with Gasteiger partial charge in [0.05, 0.1) is 0 Å². The molecule has 258 valence electrons. The molecule has 3 heteroatoms. The summed E-state index contributed by atoms with van der Waals surface area (Å²) in [6, 6.07) is 72.1. The Morgan fingerprint density at radius 1 is 0.364 bits per heavy atom. The van der Waals surface area contributed by atoms with Gasteiger partial charge in [-0.05, 0) is 99.3 Å². The summed E-state index contributed by atoms with van der Waals surface area (Å²) in [6.07, 6.45) is 0. The van der Waals surface area contributed by atoms with Crippen LogP contribution in [-0.4, -0.2) is 0 Å². The fourth-order valence-electron chi connectivity index (χ4n) is 8.18. The van der Waals surface area contributed by atoms with Crippen LogP contribution < -0.4 is 4.90 Å². The number of fused-ring (bicyclic) bond motifs is 8. The highest BCUT2D eigenvalue weighted by Crippen LogP contribution is 2.42. The lowest BCUT2D eigenvalue weighted by atomic mass is 9.98. The Morgan fingerprint density at radius 3 is 1.69 bits per heavy atom. The zero-order valence-electron chi connectivity index (χ0n) is 29.8. The normalized spacial score (nSPS) is 11.6. The molecule has 0 aliphatic rings. The first kappa shape index (κ1) is 31.6. The predicted molar refractivity (Wildman–Crippen MR) is 235 cm³/mol. The first-order valence-electron chi connectivity index (χ1n) is 18.7. The maximum Gasteiger partial charge on any atom is 0.143 e. The molecule has 0 aliphatic heterocycles. The predicted octanol–water partition coefficient (Wildman–Crippen LogP) is 15.6. The zero-order valence-corrected chi connectivity index (χ0v) is 30.6. The van der Waals surface area contributed by atoms with E-state index < -0.39 is 0 Å². The lowest BCUT2D eigenvalue weighted by molar-refractivity contribution is 0.670. The van der Waals surface area contributed by atoms with Crippen molar-refractivity contribution in [3.05, 3.63) is 200 Å². The van der Waals surface area contributed by atoms with Gasteiger partial charge >= 0.3 is 0 Å². The van der Waals surface area contributed by atoms with E-state index in [1.54, 1.807) is 0 Å². The van der Waals surface area contributed by atoms with Gasteiger partial charge < -0.3 is 9.32 Å². The highest BCUT2D eigenvalue weighted by molar-refractivity contribution is 7.26. The van der Waals surface area contributed by atoms with Crippen molar-refractivity contribution < 1.29 is 4.42 Å². The number of para-hydroxylation sites is 2. The first-order valence-corrected chi connectivity index (χ1v) is 19.5. The molecule has 0 saturated heterocycles. The Kier molecular flexibility index (Phi) is 7.39. The Bertz CT molecular complexity index is 3170. The molecule has 0 aliphatic carbocycles. The van der Waals surface area contributed by atoms with Gasteiger partial charge in [-0.2, -0.15) is 0 Å². The summed E-state index contributed by atoms with van der Waals surface area (Å²) < 4.78 is 9.07. The van der Waals surface area contributed by atoms with Crippen LogP contribution >= 0.6 is 11.3 Å². The van der Waals surface area contributed by atoms with Gasteiger partial charge in [0.15, 0.2) is 0 Å². The molecule has 2 aromatic heterocycles. The van der Waals surface area contributed by atoms with Crippen LogP contribution in [0.5, 0.6) is 0 Å². The maximum absolute atomic E-state index is 6.40. The third-order valence-electron chi connectivity index (χ3n) is 10.9. The molecule has 0 bridgehead atoms. The van der Waals surface area contributed by atoms with Gasteiger partial charge in [0.2, 0.25) is 0 Å². The van der Waals surface area contributed by atoms with Gasteiger partial charge in [-0.25, -0.2) is 0 Å². The highest BCUT2D eigenvalue weighted by atomic mass is 32.1. The maximum atomic E-state index is 6.40. The smallest absolute Gasteiger partial charge is 0.143 e. The van der Waals surface area contributed by atoms with Gasteiger partial charge in [0.1, 0.15) is 11.2 Å². The van der Waals surface area contributed by atoms with Crippen LogP contribution in [0, 0.1) is 0 Å². The van der Waals surface area contributed by atoms with Crippen LogP contribution in [0.2, 0.25) is 0 Å². The quantitative estimate of drug-likeness (QED) is 0.170. The molecule has 2 nitrogen and oxygen atoms in total. The minimum Gasteiger partial charge on any atom is -0.455 e. The molecule has 0 atom stereocenters. The number of benzene rings is 9. The summed E-state index contributed by atoms with van der Waals surface area (Å²) >= 11 is 1.87. The summed E-state index contributed by atoms with van der Waals surface area (Å²) in [7, 11) is 0. The molecule has 0 saturated carbocycles. The molecule has 9 aromatic carbocycles. The molecule has 0 amide bonds. The standard InChI is InChI=1S/C52H33NOS/c1-2-9-34(10-3-1)35-17-25-40(26-18-35)53(42-29-21-37(22-30-42)44-13-8-14-46-45-11-4-6-15-48(45)54-52(44)46)41-27-19-36(20-28-41)38-23-31-43-39(33-38)24-32-50-51(43)47-12-5-7-16-49(47)55-50/h1-33H. The molecular weight excluding hydrogens is 687 g/mol. The molecule has 0 fully saturated rings. The molecule has 2 heterocycles. The Morgan fingerprint density at radius 2 is 0.945 bits per heavy atom. The van der Waals surface area contributed by atoms with E-state index in [0.717, 1.165) is 50.1 Å². The van der Waals surface area contributed by atoms with Crippen molar-refractivity contribution in [1.82, 2.24) is 0 Å². The largest absolute Gasteiger partial charge is 0.455 e. The molecule has 11 aromatic rings. The van der Waals surface area contributed by atoms with Gasteiger partial charge in [-0.3, -0.25) is 0 Å². The number of hydrogen-bond donors (Lipinski definition) is 0. The van der Waals surface area contributed by atoms with E-state index in [1.807, 2.05) is 23.5 Å². The van der Waals surface area contributed by atoms with Crippen LogP contribution in [0.3, 0.4) is 0 Å². The van der Waals surface area contributed by atoms with Crippen molar-refractivity contribution in [2.45, 2.75) is 0 Å². The topological polar surface area (TPSA) is 16.4 Å². The lowest BCUT2D eigenvalue weighted by Crippen LogP contribution is -2.09. The second-order valence-corrected chi connectivity index (χ2v) is 15.2. The van der Waals surface area contributed by atoms with Crippen LogP contribution in [0.1, 0.15) is 0 Å². The van der Waals surface area contributed by atoms with Crippen molar-refractivity contribution in [2.75, 3.05) is 4.90 Å². The average molecular weight is 720 g/mol. The average Bonchev–Trinajstić information content (AvgIpc) is 3.84. The summed E-state index contributed by atoms with van der Waals surface area (Å²) in [6.45, 7) is 0. The van der Waals surface area contributed by atoms with Crippen molar-refractivity contribution in [3.8, 4) is 33.4 Å². The molecular formula is C52H33NOS. The zero-order chi connectivity index (χ0) is 36.3. The third-order valence-corrected chi connectivity index (χ3v) is 12.0. The second kappa shape index (κ2) is 12.9. The fourth-order valence-corrected chi connectivity index (χ4v) is 9.30. The van der Waals surface area contributed by atoms with Crippen molar-refractivity contribution in [3.63, 3.8) is 0 Å². The number of rotatable bonds is 6. The Hall–Kier alpha value is -6.94. The van der Waals surface area contributed by atoms with E-state index in [0.29, 0.717) is 0 Å². The van der Waals surface area contributed by atoms with Gasteiger partial charge in [-0.15, -0.1) is 11.3 Å². The lowest BCUT2D eigenvalue weighted by Gasteiger charge is -2.26. The number of thiophene rings is 1. The van der Waals surface area contributed by atoms with E-state index in [2.05, 4.69) is 193 Å². The van der Waals surface area contributed by atoms with Gasteiger partial charge in [0.25, 0.3) is 0 Å². The summed E-state index contributed by atoms with van der Waals surface area (Å²) in [5.41, 5.74) is 12.1. The minimum atomic E-state index is 0.909. The van der Waals surface area contributed by atoms with E-state index in [1.165, 1.54) is 53.2 Å². The molecule has 11 rings (SSSR count). The highest BCUT2D eigenvalue weighted by Gasteiger charge is 2.16. The van der Waals surface area contributed by atoms with Crippen LogP contribution in [0.25, 0.3) is 86.3 Å². The van der Waals surface area contributed by atoms with E-state index >= 15 is 0 Å². The van der Waals surface area contributed by atoms with Gasteiger partial charge in [0, 0.05) is 53.6 Å². The second-order valence-electron chi connectivity index (χ2n) is 14.1. The van der Waals surface area contributed by atoms with Gasteiger partial charge in [-0.1, -0.05) is 140 Å². The van der Waals surface area contributed by atoms with E-state index in [-0.39, 0.29) is 0 Å². The molecule has 0 spiro atoms. The number of furan rings is 1. The van der Waals surface area contributed by atoms with Crippen LogP contribution in [0.4, 0.5) is 17.1 Å². The summed E-state index contributed by atoms with van der Waals surface area (Å²) in [4.78, 5) is 2.34. The first-order chi connectivity index (χ1) is 27.2. The molecule has 0 N–H and O–H groups in total. The third kappa shape index (κ3) is 5.40. The Labute approximate surface area is 322 Å². The molecule has 0 unspecified atom stereocenters. The SMILES string of the molecule is c1ccc(-c2ccc(N(c3ccc(-c4ccc5c(ccc6sc7ccccc7c65)c4)cc3)c3ccc(-c4cccc5c4oc4ccccc45)cc3)cc2)cc1. The fraction of sp³-hybridized carbons (Fsp3) is 0. The summed E-state index contributed by atoms with van der Waals surface area (Å²) in [5, 5.41) is 7.53. The van der Waals surface area contributed by atoms with Crippen LogP contribution in [-0.2, 0) is 0 Å². The minimum absolute atomic E-state index is 0.909. The van der Waals surface area contributed by atoms with Crippen molar-refractivity contribution in [2.24, 2.45) is 0 Å². The Balaban J connectivity index is 0.974. The van der Waals surface area contributed by atoms with E-state index in [4.69, 9.17) is 4.42 Å². The molecule has 0 radical (unpaired) electrons.